The van der Waals surface area contributed by atoms with E-state index in [9.17, 15) is 18.0 Å². The van der Waals surface area contributed by atoms with Crippen molar-refractivity contribution in [3.63, 3.8) is 0 Å². The van der Waals surface area contributed by atoms with E-state index in [4.69, 9.17) is 10.3 Å². The largest absolute Gasteiger partial charge is 0.451 e. The van der Waals surface area contributed by atoms with E-state index in [1.165, 1.54) is 6.92 Å². The fourth-order valence-corrected chi connectivity index (χ4v) is 6.42. The maximum Gasteiger partial charge on any atom is 0.330 e. The van der Waals surface area contributed by atoms with Gasteiger partial charge < -0.3 is 9.64 Å². The second-order valence-corrected chi connectivity index (χ2v) is 10.0. The normalized spacial score (nSPS) is 26.4. The van der Waals surface area contributed by atoms with Gasteiger partial charge in [0.15, 0.2) is 15.9 Å². The molecule has 2 aromatic carbocycles. The SMILES string of the molecule is CC1(N=[N+]=[N-])CS(=O)(=O)[C@@H]2CC(=O)N2[C@H]1C(=O)OC(c1ccccc1)c1ccccc1. The molecule has 160 valence electrons. The van der Waals surface area contributed by atoms with Crippen molar-refractivity contribution < 1.29 is 22.7 Å². The molecule has 3 atom stereocenters. The van der Waals surface area contributed by atoms with Crippen LogP contribution in [0.1, 0.15) is 30.6 Å². The van der Waals surface area contributed by atoms with Crippen molar-refractivity contribution in [2.75, 3.05) is 5.75 Å². The molecule has 2 aromatic rings. The highest BCUT2D eigenvalue weighted by Gasteiger charge is 2.62. The third kappa shape index (κ3) is 3.64. The van der Waals surface area contributed by atoms with E-state index in [-0.39, 0.29) is 6.42 Å². The van der Waals surface area contributed by atoms with Crippen LogP contribution in [0.25, 0.3) is 10.4 Å². The van der Waals surface area contributed by atoms with E-state index in [2.05, 4.69) is 10.0 Å². The fourth-order valence-electron chi connectivity index (χ4n) is 4.21. The predicted molar refractivity (Wildman–Crippen MR) is 111 cm³/mol. The van der Waals surface area contributed by atoms with Crippen molar-refractivity contribution in [1.29, 1.82) is 0 Å². The van der Waals surface area contributed by atoms with Crippen molar-refractivity contribution in [1.82, 2.24) is 4.90 Å². The predicted octanol–water partition coefficient (Wildman–Crippen LogP) is 2.74. The highest BCUT2D eigenvalue weighted by Crippen LogP contribution is 2.41. The molecule has 0 aliphatic carbocycles. The van der Waals surface area contributed by atoms with Crippen molar-refractivity contribution in [3.05, 3.63) is 82.2 Å². The van der Waals surface area contributed by atoms with Crippen LogP contribution in [0.15, 0.2) is 65.8 Å². The third-order valence-corrected chi connectivity index (χ3v) is 7.87. The first-order valence-electron chi connectivity index (χ1n) is 9.66. The lowest BCUT2D eigenvalue weighted by atomic mass is 9.90. The molecule has 0 spiro atoms. The summed E-state index contributed by atoms with van der Waals surface area (Å²) in [6.45, 7) is 1.36. The molecule has 0 aromatic heterocycles. The molecule has 2 saturated heterocycles. The summed E-state index contributed by atoms with van der Waals surface area (Å²) in [5.74, 6) is -1.86. The minimum atomic E-state index is -3.75. The summed E-state index contributed by atoms with van der Waals surface area (Å²) in [5, 5.41) is 2.52. The molecule has 4 rings (SSSR count). The minimum Gasteiger partial charge on any atom is -0.451 e. The lowest BCUT2D eigenvalue weighted by molar-refractivity contribution is -0.168. The molecule has 0 radical (unpaired) electrons. The van der Waals surface area contributed by atoms with Crippen LogP contribution in [0, 0.1) is 0 Å². The van der Waals surface area contributed by atoms with Crippen LogP contribution in [0.4, 0.5) is 0 Å². The number of rotatable bonds is 5. The van der Waals surface area contributed by atoms with Gasteiger partial charge in [-0.1, -0.05) is 72.7 Å². The lowest BCUT2D eigenvalue weighted by Crippen LogP contribution is -2.74. The molecule has 0 bridgehead atoms. The number of fused-ring (bicyclic) bond motifs is 1. The van der Waals surface area contributed by atoms with Crippen LogP contribution in [-0.4, -0.2) is 47.9 Å². The highest BCUT2D eigenvalue weighted by molar-refractivity contribution is 7.92. The van der Waals surface area contributed by atoms with E-state index >= 15 is 0 Å². The molecule has 9 nitrogen and oxygen atoms in total. The van der Waals surface area contributed by atoms with Crippen LogP contribution < -0.4 is 0 Å². The summed E-state index contributed by atoms with van der Waals surface area (Å²) in [6, 6.07) is 16.8. The molecular formula is C21H20N4O5S. The zero-order valence-corrected chi connectivity index (χ0v) is 17.5. The molecule has 2 aliphatic heterocycles. The number of hydrogen-bond donors (Lipinski definition) is 0. The Hall–Kier alpha value is -3.36. The van der Waals surface area contributed by atoms with Crippen molar-refractivity contribution in [2.24, 2.45) is 5.11 Å². The molecule has 2 fully saturated rings. The number of carbonyl (C=O) groups is 2. The summed E-state index contributed by atoms with van der Waals surface area (Å²) in [4.78, 5) is 29.4. The molecule has 1 unspecified atom stereocenters. The molecule has 0 N–H and O–H groups in total. The molecule has 31 heavy (non-hydrogen) atoms. The number of esters is 1. The van der Waals surface area contributed by atoms with Gasteiger partial charge >= 0.3 is 5.97 Å². The van der Waals surface area contributed by atoms with E-state index in [1.54, 1.807) is 24.3 Å². The van der Waals surface area contributed by atoms with Gasteiger partial charge in [-0.3, -0.25) is 4.79 Å². The summed E-state index contributed by atoms with van der Waals surface area (Å²) < 4.78 is 31.0. The zero-order chi connectivity index (χ0) is 22.2. The molecule has 10 heteroatoms. The summed E-state index contributed by atoms with van der Waals surface area (Å²) in [5.41, 5.74) is 8.77. The zero-order valence-electron chi connectivity index (χ0n) is 16.7. The number of carbonyl (C=O) groups excluding carboxylic acids is 2. The first-order chi connectivity index (χ1) is 14.8. The van der Waals surface area contributed by atoms with Gasteiger partial charge in [0.2, 0.25) is 5.91 Å². The second-order valence-electron chi connectivity index (χ2n) is 7.85. The van der Waals surface area contributed by atoms with Gasteiger partial charge in [-0.05, 0) is 16.7 Å². The topological polar surface area (TPSA) is 130 Å². The van der Waals surface area contributed by atoms with Gasteiger partial charge in [-0.25, -0.2) is 13.2 Å². The number of azide groups is 1. The van der Waals surface area contributed by atoms with Gasteiger partial charge in [0, 0.05) is 4.91 Å². The van der Waals surface area contributed by atoms with Gasteiger partial charge in [-0.15, -0.1) is 0 Å². The third-order valence-electron chi connectivity index (χ3n) is 5.66. The Morgan fingerprint density at radius 2 is 1.71 bits per heavy atom. The van der Waals surface area contributed by atoms with Crippen LogP contribution in [-0.2, 0) is 24.2 Å². The number of amides is 1. The molecule has 2 aliphatic rings. The monoisotopic (exact) mass is 440 g/mol. The highest BCUT2D eigenvalue weighted by atomic mass is 32.2. The molecule has 1 amide bonds. The van der Waals surface area contributed by atoms with Gasteiger partial charge in [0.25, 0.3) is 0 Å². The summed E-state index contributed by atoms with van der Waals surface area (Å²) in [7, 11) is -3.75. The Kier molecular flexibility index (Phi) is 5.20. The maximum atomic E-state index is 13.4. The quantitative estimate of drug-likeness (QED) is 0.232. The fraction of sp³-hybridized carbons (Fsp3) is 0.333. The number of sulfone groups is 1. The first kappa shape index (κ1) is 20.9. The number of hydrogen-bond acceptors (Lipinski definition) is 6. The standard InChI is InChI=1S/C21H20N4O5S/c1-21(23-24-22)13-31(28,29)17-12-16(26)25(17)19(21)20(27)30-18(14-8-4-2-5-9-14)15-10-6-3-7-11-15/h2-11,17-19H,12-13H2,1H3/t17-,19+,21?/m1/s1. The molecule has 2 heterocycles. The molecule has 0 saturated carbocycles. The lowest BCUT2D eigenvalue weighted by Gasteiger charge is -2.52. The Morgan fingerprint density at radius 3 is 2.19 bits per heavy atom. The smallest absolute Gasteiger partial charge is 0.330 e. The van der Waals surface area contributed by atoms with E-state index < -0.39 is 50.5 Å². The summed E-state index contributed by atoms with van der Waals surface area (Å²) in [6.07, 6.45) is -0.974. The van der Waals surface area contributed by atoms with Gasteiger partial charge in [0.1, 0.15) is 11.4 Å². The second kappa shape index (κ2) is 7.72. The van der Waals surface area contributed by atoms with Gasteiger partial charge in [0.05, 0.1) is 17.7 Å². The first-order valence-corrected chi connectivity index (χ1v) is 11.4. The average Bonchev–Trinajstić information content (AvgIpc) is 2.74. The Balaban J connectivity index is 1.73. The van der Waals surface area contributed by atoms with Crippen LogP contribution in [0.2, 0.25) is 0 Å². The average molecular weight is 440 g/mol. The molecular weight excluding hydrogens is 420 g/mol. The number of benzene rings is 2. The number of β-lactam (4-membered cyclic amide) rings is 1. The van der Waals surface area contributed by atoms with Crippen molar-refractivity contribution in [3.8, 4) is 0 Å². The maximum absolute atomic E-state index is 13.4. The van der Waals surface area contributed by atoms with E-state index in [1.807, 2.05) is 36.4 Å². The Bertz CT molecular complexity index is 1130. The van der Waals surface area contributed by atoms with E-state index in [0.29, 0.717) is 11.1 Å². The van der Waals surface area contributed by atoms with Gasteiger partial charge in [-0.2, -0.15) is 0 Å². The van der Waals surface area contributed by atoms with Crippen LogP contribution >= 0.6 is 0 Å². The number of ether oxygens (including phenoxy) is 1. The minimum absolute atomic E-state index is 0.195. The van der Waals surface area contributed by atoms with Crippen molar-refractivity contribution >= 4 is 21.7 Å². The Labute approximate surface area is 179 Å². The van der Waals surface area contributed by atoms with Crippen molar-refractivity contribution in [2.45, 2.75) is 36.4 Å². The number of nitrogens with zero attached hydrogens (tertiary/aromatic N) is 4. The van der Waals surface area contributed by atoms with E-state index in [0.717, 1.165) is 4.90 Å². The van der Waals surface area contributed by atoms with Crippen LogP contribution in [0.5, 0.6) is 0 Å². The van der Waals surface area contributed by atoms with Crippen LogP contribution in [0.3, 0.4) is 0 Å². The Morgan fingerprint density at radius 1 is 1.16 bits per heavy atom. The summed E-state index contributed by atoms with van der Waals surface area (Å²) >= 11 is 0.